The molecule has 3 fully saturated rings. The third-order valence-corrected chi connectivity index (χ3v) is 6.75. The van der Waals surface area contributed by atoms with Crippen LogP contribution in [0.1, 0.15) is 87.5 Å². The van der Waals surface area contributed by atoms with Crippen molar-refractivity contribution in [3.8, 4) is 0 Å². The first kappa shape index (κ1) is 20.2. The van der Waals surface area contributed by atoms with Gasteiger partial charge in [-0.2, -0.15) is 0 Å². The van der Waals surface area contributed by atoms with E-state index in [0.717, 1.165) is 41.4 Å². The summed E-state index contributed by atoms with van der Waals surface area (Å²) in [6, 6.07) is 3.20. The standard InChI is InChI=1S/C12H23N.C10H21N/c1-9(2)11-7-12(5-6-12)8-13(11)10(3)4;1-8(2)10-6-5-7-11(10)9(3)4/h9-11H,5-8H2,1-4H3;8-10H,5-7H2,1-4H3. The van der Waals surface area contributed by atoms with Gasteiger partial charge in [-0.1, -0.05) is 27.7 Å². The van der Waals surface area contributed by atoms with E-state index in [2.05, 4.69) is 65.2 Å². The van der Waals surface area contributed by atoms with E-state index in [1.54, 1.807) is 0 Å². The molecule has 1 saturated carbocycles. The van der Waals surface area contributed by atoms with E-state index in [4.69, 9.17) is 0 Å². The summed E-state index contributed by atoms with van der Waals surface area (Å²) in [7, 11) is 0. The maximum Gasteiger partial charge on any atom is 0.0127 e. The number of nitrogens with zero attached hydrogens (tertiary/aromatic N) is 2. The average Bonchev–Trinajstić information content (AvgIpc) is 2.91. The fourth-order valence-corrected chi connectivity index (χ4v) is 5.03. The van der Waals surface area contributed by atoms with Crippen LogP contribution >= 0.6 is 0 Å². The van der Waals surface area contributed by atoms with Gasteiger partial charge in [-0.3, -0.25) is 9.80 Å². The molecule has 0 amide bonds. The fourth-order valence-electron chi connectivity index (χ4n) is 5.03. The molecule has 0 aromatic rings. The summed E-state index contributed by atoms with van der Waals surface area (Å²) >= 11 is 0. The molecule has 3 rings (SSSR count). The number of hydrogen-bond acceptors (Lipinski definition) is 2. The molecule has 2 atom stereocenters. The van der Waals surface area contributed by atoms with Crippen LogP contribution in [0.15, 0.2) is 0 Å². The molecule has 3 aliphatic rings. The van der Waals surface area contributed by atoms with Gasteiger partial charge in [0.1, 0.15) is 0 Å². The Labute approximate surface area is 152 Å². The molecule has 2 unspecified atom stereocenters. The smallest absolute Gasteiger partial charge is 0.0127 e. The third-order valence-electron chi connectivity index (χ3n) is 6.75. The van der Waals surface area contributed by atoms with Gasteiger partial charge in [-0.15, -0.1) is 0 Å². The van der Waals surface area contributed by atoms with Crippen molar-refractivity contribution in [1.82, 2.24) is 9.80 Å². The molecule has 1 aliphatic carbocycles. The van der Waals surface area contributed by atoms with Crippen molar-refractivity contribution in [2.45, 2.75) is 112 Å². The van der Waals surface area contributed by atoms with Gasteiger partial charge in [0.15, 0.2) is 0 Å². The number of rotatable bonds is 4. The molecule has 24 heavy (non-hydrogen) atoms. The largest absolute Gasteiger partial charge is 0.298 e. The quantitative estimate of drug-likeness (QED) is 0.676. The minimum Gasteiger partial charge on any atom is -0.298 e. The van der Waals surface area contributed by atoms with Crippen LogP contribution in [0.4, 0.5) is 0 Å². The highest BCUT2D eigenvalue weighted by Crippen LogP contribution is 2.56. The van der Waals surface area contributed by atoms with E-state index < -0.39 is 0 Å². The van der Waals surface area contributed by atoms with Gasteiger partial charge in [-0.25, -0.2) is 0 Å². The lowest BCUT2D eigenvalue weighted by molar-refractivity contribution is 0.163. The molecule has 2 aliphatic heterocycles. The summed E-state index contributed by atoms with van der Waals surface area (Å²) in [5.41, 5.74) is 0.777. The molecule has 142 valence electrons. The van der Waals surface area contributed by atoms with E-state index >= 15 is 0 Å². The molecule has 2 heterocycles. The van der Waals surface area contributed by atoms with Crippen LogP contribution in [0, 0.1) is 17.3 Å². The van der Waals surface area contributed by atoms with Crippen molar-refractivity contribution in [1.29, 1.82) is 0 Å². The van der Waals surface area contributed by atoms with Gasteiger partial charge in [0.05, 0.1) is 0 Å². The minimum atomic E-state index is 0.741. The second-order valence-corrected chi connectivity index (χ2v) is 10.1. The van der Waals surface area contributed by atoms with Crippen molar-refractivity contribution in [2.75, 3.05) is 13.1 Å². The van der Waals surface area contributed by atoms with Crippen LogP contribution < -0.4 is 0 Å². The second kappa shape index (κ2) is 8.08. The maximum absolute atomic E-state index is 2.73. The van der Waals surface area contributed by atoms with Crippen LogP contribution in [-0.4, -0.2) is 47.1 Å². The van der Waals surface area contributed by atoms with Crippen LogP contribution in [0.25, 0.3) is 0 Å². The molecular weight excluding hydrogens is 292 g/mol. The number of likely N-dealkylation sites (tertiary alicyclic amines) is 2. The van der Waals surface area contributed by atoms with E-state index in [1.165, 1.54) is 45.2 Å². The molecule has 2 heteroatoms. The Kier molecular flexibility index (Phi) is 6.81. The minimum absolute atomic E-state index is 0.741. The molecule has 0 bridgehead atoms. The van der Waals surface area contributed by atoms with E-state index in [-0.39, 0.29) is 0 Å². The molecule has 2 nitrogen and oxygen atoms in total. The van der Waals surface area contributed by atoms with Crippen LogP contribution in [0.3, 0.4) is 0 Å². The summed E-state index contributed by atoms with van der Waals surface area (Å²) in [5.74, 6) is 1.67. The highest BCUT2D eigenvalue weighted by atomic mass is 15.2. The third kappa shape index (κ3) is 4.75. The summed E-state index contributed by atoms with van der Waals surface area (Å²) in [4.78, 5) is 5.38. The Morgan fingerprint density at radius 2 is 1.29 bits per heavy atom. The van der Waals surface area contributed by atoms with E-state index in [1.807, 2.05) is 0 Å². The lowest BCUT2D eigenvalue weighted by atomic mass is 9.96. The zero-order valence-corrected chi connectivity index (χ0v) is 17.8. The molecule has 0 N–H and O–H groups in total. The normalized spacial score (nSPS) is 30.0. The van der Waals surface area contributed by atoms with Crippen molar-refractivity contribution < 1.29 is 0 Å². The average molecular weight is 337 g/mol. The van der Waals surface area contributed by atoms with E-state index in [9.17, 15) is 0 Å². The highest BCUT2D eigenvalue weighted by molar-refractivity contribution is 5.05. The first-order valence-electron chi connectivity index (χ1n) is 10.7. The maximum atomic E-state index is 2.73. The second-order valence-electron chi connectivity index (χ2n) is 10.1. The van der Waals surface area contributed by atoms with Crippen molar-refractivity contribution in [3.05, 3.63) is 0 Å². The van der Waals surface area contributed by atoms with Gasteiger partial charge in [0, 0.05) is 30.7 Å². The van der Waals surface area contributed by atoms with Gasteiger partial charge >= 0.3 is 0 Å². The Morgan fingerprint density at radius 3 is 1.62 bits per heavy atom. The van der Waals surface area contributed by atoms with Crippen LogP contribution in [0.5, 0.6) is 0 Å². The molecule has 2 saturated heterocycles. The first-order valence-corrected chi connectivity index (χ1v) is 10.7. The summed E-state index contributed by atoms with van der Waals surface area (Å²) in [5, 5.41) is 0. The van der Waals surface area contributed by atoms with Crippen LogP contribution in [0.2, 0.25) is 0 Å². The topological polar surface area (TPSA) is 6.48 Å². The Morgan fingerprint density at radius 1 is 0.750 bits per heavy atom. The Bertz CT molecular complexity index is 349. The molecule has 0 aromatic heterocycles. The molecular formula is C22H44N2. The van der Waals surface area contributed by atoms with Gasteiger partial charge in [-0.05, 0) is 83.6 Å². The highest BCUT2D eigenvalue weighted by Gasteiger charge is 2.52. The summed E-state index contributed by atoms with van der Waals surface area (Å²) in [6.07, 6.45) is 7.29. The van der Waals surface area contributed by atoms with Crippen molar-refractivity contribution in [3.63, 3.8) is 0 Å². The zero-order valence-electron chi connectivity index (χ0n) is 17.8. The predicted octanol–water partition coefficient (Wildman–Crippen LogP) is 5.42. The summed E-state index contributed by atoms with van der Waals surface area (Å²) < 4.78 is 0. The van der Waals surface area contributed by atoms with Gasteiger partial charge in [0.25, 0.3) is 0 Å². The first-order chi connectivity index (χ1) is 11.2. The zero-order chi connectivity index (χ0) is 18.1. The number of hydrogen-bond donors (Lipinski definition) is 0. The fraction of sp³-hybridized carbons (Fsp3) is 1.00. The monoisotopic (exact) mass is 336 g/mol. The van der Waals surface area contributed by atoms with Gasteiger partial charge < -0.3 is 0 Å². The SMILES string of the molecule is CC(C)C1CC2(CC2)CN1C(C)C.CC(C)C1CCCN1C(C)C. The lowest BCUT2D eigenvalue weighted by Crippen LogP contribution is -2.38. The van der Waals surface area contributed by atoms with Crippen LogP contribution in [-0.2, 0) is 0 Å². The lowest BCUT2D eigenvalue weighted by Gasteiger charge is -2.30. The Hall–Kier alpha value is -0.0800. The summed E-state index contributed by atoms with van der Waals surface area (Å²) in [6.45, 7) is 21.4. The van der Waals surface area contributed by atoms with Gasteiger partial charge in [0.2, 0.25) is 0 Å². The Balaban J connectivity index is 0.000000177. The molecule has 0 radical (unpaired) electrons. The van der Waals surface area contributed by atoms with Crippen molar-refractivity contribution in [2.24, 2.45) is 17.3 Å². The molecule has 1 spiro atoms. The van der Waals surface area contributed by atoms with Crippen molar-refractivity contribution >= 4 is 0 Å². The molecule has 0 aromatic carbocycles. The predicted molar refractivity (Wildman–Crippen MR) is 106 cm³/mol. The van der Waals surface area contributed by atoms with E-state index in [0.29, 0.717) is 0 Å².